The zero-order chi connectivity index (χ0) is 13.0. The molecule has 0 spiro atoms. The van der Waals surface area contributed by atoms with Crippen molar-refractivity contribution in [1.29, 1.82) is 0 Å². The fraction of sp³-hybridized carbons (Fsp3) is 0.571. The molecule has 2 rings (SSSR count). The number of benzene rings is 1. The Balaban J connectivity index is 1.96. The van der Waals surface area contributed by atoms with Crippen LogP contribution in [0.1, 0.15) is 19.8 Å². The van der Waals surface area contributed by atoms with E-state index in [9.17, 15) is 0 Å². The minimum absolute atomic E-state index is 0.407. The van der Waals surface area contributed by atoms with Crippen molar-refractivity contribution in [1.82, 2.24) is 0 Å². The molecule has 1 aliphatic carbocycles. The predicted octanol–water partition coefficient (Wildman–Crippen LogP) is 2.68. The van der Waals surface area contributed by atoms with Crippen LogP contribution >= 0.6 is 0 Å². The summed E-state index contributed by atoms with van der Waals surface area (Å²) in [6.45, 7) is 2.83. The van der Waals surface area contributed by atoms with Gasteiger partial charge in [-0.05, 0) is 31.9 Å². The van der Waals surface area contributed by atoms with Crippen molar-refractivity contribution >= 4 is 5.69 Å². The molecule has 1 aromatic carbocycles. The molecule has 0 bridgehead atoms. The molecule has 0 radical (unpaired) electrons. The number of hydrogen-bond donors (Lipinski definition) is 1. The molecule has 0 saturated heterocycles. The fourth-order valence-corrected chi connectivity index (χ4v) is 2.20. The van der Waals surface area contributed by atoms with Gasteiger partial charge in [-0.15, -0.1) is 0 Å². The van der Waals surface area contributed by atoms with Gasteiger partial charge in [0.25, 0.3) is 0 Å². The summed E-state index contributed by atoms with van der Waals surface area (Å²) in [5, 5.41) is 3.48. The van der Waals surface area contributed by atoms with Gasteiger partial charge in [-0.25, -0.2) is 0 Å². The minimum Gasteiger partial charge on any atom is -0.497 e. The highest BCUT2D eigenvalue weighted by molar-refractivity contribution is 5.60. The van der Waals surface area contributed by atoms with E-state index in [0.717, 1.165) is 36.6 Å². The van der Waals surface area contributed by atoms with E-state index in [1.54, 1.807) is 14.2 Å². The lowest BCUT2D eigenvalue weighted by atomic mass is 9.89. The highest BCUT2D eigenvalue weighted by Gasteiger charge is 2.29. The Morgan fingerprint density at radius 2 is 2.00 bits per heavy atom. The molecule has 1 aromatic rings. The Morgan fingerprint density at radius 3 is 2.61 bits per heavy atom. The van der Waals surface area contributed by atoms with E-state index in [4.69, 9.17) is 14.2 Å². The van der Waals surface area contributed by atoms with E-state index >= 15 is 0 Å². The van der Waals surface area contributed by atoms with Crippen LogP contribution in [0.4, 0.5) is 5.69 Å². The van der Waals surface area contributed by atoms with Crippen molar-refractivity contribution in [3.63, 3.8) is 0 Å². The summed E-state index contributed by atoms with van der Waals surface area (Å²) in [7, 11) is 3.34. The largest absolute Gasteiger partial charge is 0.497 e. The summed E-state index contributed by atoms with van der Waals surface area (Å²) in [5.74, 6) is 1.68. The van der Waals surface area contributed by atoms with Crippen LogP contribution in [0.5, 0.6) is 11.5 Å². The van der Waals surface area contributed by atoms with Crippen LogP contribution in [0, 0.1) is 0 Å². The third-order valence-electron chi connectivity index (χ3n) is 3.26. The molecule has 4 heteroatoms. The molecule has 18 heavy (non-hydrogen) atoms. The lowest BCUT2D eigenvalue weighted by Gasteiger charge is -2.36. The molecule has 0 aromatic heterocycles. The number of methoxy groups -OCH3 is 2. The van der Waals surface area contributed by atoms with Gasteiger partial charge in [0, 0.05) is 18.7 Å². The molecule has 0 unspecified atom stereocenters. The number of nitrogens with one attached hydrogen (secondary N) is 1. The zero-order valence-electron chi connectivity index (χ0n) is 11.2. The third-order valence-corrected chi connectivity index (χ3v) is 3.26. The van der Waals surface area contributed by atoms with Gasteiger partial charge < -0.3 is 19.5 Å². The second kappa shape index (κ2) is 5.96. The van der Waals surface area contributed by atoms with Crippen molar-refractivity contribution in [3.05, 3.63) is 18.2 Å². The van der Waals surface area contributed by atoms with Gasteiger partial charge in [-0.3, -0.25) is 0 Å². The molecule has 0 atom stereocenters. The second-order valence-electron chi connectivity index (χ2n) is 4.46. The SMILES string of the molecule is CCOC1CC(Nc2cc(OC)ccc2OC)C1. The number of ether oxygens (including phenoxy) is 3. The summed E-state index contributed by atoms with van der Waals surface area (Å²) >= 11 is 0. The van der Waals surface area contributed by atoms with Crippen molar-refractivity contribution in [3.8, 4) is 11.5 Å². The molecule has 1 aliphatic rings. The zero-order valence-corrected chi connectivity index (χ0v) is 11.2. The van der Waals surface area contributed by atoms with E-state index in [1.807, 2.05) is 25.1 Å². The summed E-state index contributed by atoms with van der Waals surface area (Å²) in [6, 6.07) is 6.24. The highest BCUT2D eigenvalue weighted by Crippen LogP contribution is 2.33. The van der Waals surface area contributed by atoms with Gasteiger partial charge in [0.05, 0.1) is 26.0 Å². The summed E-state index contributed by atoms with van der Waals surface area (Å²) < 4.78 is 16.1. The van der Waals surface area contributed by atoms with Gasteiger partial charge in [0.15, 0.2) is 0 Å². The van der Waals surface area contributed by atoms with Crippen LogP contribution in [-0.4, -0.2) is 33.0 Å². The fourth-order valence-electron chi connectivity index (χ4n) is 2.20. The van der Waals surface area contributed by atoms with Gasteiger partial charge >= 0.3 is 0 Å². The van der Waals surface area contributed by atoms with E-state index in [1.165, 1.54) is 0 Å². The first-order chi connectivity index (χ1) is 8.76. The van der Waals surface area contributed by atoms with E-state index < -0.39 is 0 Å². The quantitative estimate of drug-likeness (QED) is 0.843. The second-order valence-corrected chi connectivity index (χ2v) is 4.46. The number of anilines is 1. The first-order valence-corrected chi connectivity index (χ1v) is 6.37. The lowest BCUT2D eigenvalue weighted by molar-refractivity contribution is 0.00295. The Kier molecular flexibility index (Phi) is 4.31. The van der Waals surface area contributed by atoms with Gasteiger partial charge in [-0.1, -0.05) is 0 Å². The van der Waals surface area contributed by atoms with Crippen LogP contribution in [0.3, 0.4) is 0 Å². The van der Waals surface area contributed by atoms with E-state index in [-0.39, 0.29) is 0 Å². The monoisotopic (exact) mass is 251 g/mol. The van der Waals surface area contributed by atoms with Crippen LogP contribution in [0.2, 0.25) is 0 Å². The van der Waals surface area contributed by atoms with Crippen LogP contribution in [-0.2, 0) is 4.74 Å². The van der Waals surface area contributed by atoms with Crippen molar-refractivity contribution in [2.24, 2.45) is 0 Å². The van der Waals surface area contributed by atoms with Gasteiger partial charge in [0.1, 0.15) is 11.5 Å². The topological polar surface area (TPSA) is 39.7 Å². The maximum Gasteiger partial charge on any atom is 0.142 e. The number of rotatable bonds is 6. The average Bonchev–Trinajstić information content (AvgIpc) is 2.36. The molecule has 1 saturated carbocycles. The molecule has 1 N–H and O–H groups in total. The van der Waals surface area contributed by atoms with Crippen molar-refractivity contribution in [2.45, 2.75) is 31.9 Å². The third kappa shape index (κ3) is 2.88. The average molecular weight is 251 g/mol. The Labute approximate surface area is 108 Å². The maximum absolute atomic E-state index is 5.55. The molecule has 1 fully saturated rings. The Bertz CT molecular complexity index is 389. The normalized spacial score (nSPS) is 22.2. The highest BCUT2D eigenvalue weighted by atomic mass is 16.5. The molecule has 0 aliphatic heterocycles. The van der Waals surface area contributed by atoms with E-state index in [0.29, 0.717) is 12.1 Å². The van der Waals surface area contributed by atoms with Gasteiger partial charge in [0.2, 0.25) is 0 Å². The molecule has 0 heterocycles. The molecule has 0 amide bonds. The number of hydrogen-bond acceptors (Lipinski definition) is 4. The molecular formula is C14H21NO3. The first-order valence-electron chi connectivity index (χ1n) is 6.37. The summed E-state index contributed by atoms with van der Waals surface area (Å²) in [5.41, 5.74) is 0.983. The lowest BCUT2D eigenvalue weighted by Crippen LogP contribution is -2.40. The summed E-state index contributed by atoms with van der Waals surface area (Å²) in [6.07, 6.45) is 2.51. The van der Waals surface area contributed by atoms with Crippen LogP contribution in [0.15, 0.2) is 18.2 Å². The summed E-state index contributed by atoms with van der Waals surface area (Å²) in [4.78, 5) is 0. The standard InChI is InChI=1S/C14H21NO3/c1-4-18-12-7-10(8-12)15-13-9-11(16-2)5-6-14(13)17-3/h5-6,9-10,12,15H,4,7-8H2,1-3H3. The molecule has 4 nitrogen and oxygen atoms in total. The van der Waals surface area contributed by atoms with Crippen LogP contribution < -0.4 is 14.8 Å². The van der Waals surface area contributed by atoms with Gasteiger partial charge in [-0.2, -0.15) is 0 Å². The predicted molar refractivity (Wildman–Crippen MR) is 71.6 cm³/mol. The van der Waals surface area contributed by atoms with E-state index in [2.05, 4.69) is 5.32 Å². The Morgan fingerprint density at radius 1 is 1.22 bits per heavy atom. The Hall–Kier alpha value is -1.42. The minimum atomic E-state index is 0.407. The van der Waals surface area contributed by atoms with Crippen molar-refractivity contribution in [2.75, 3.05) is 26.1 Å². The molecule has 100 valence electrons. The first kappa shape index (κ1) is 13.0. The maximum atomic E-state index is 5.55. The van der Waals surface area contributed by atoms with Crippen LogP contribution in [0.25, 0.3) is 0 Å². The van der Waals surface area contributed by atoms with Crippen molar-refractivity contribution < 1.29 is 14.2 Å². The smallest absolute Gasteiger partial charge is 0.142 e. The molecular weight excluding hydrogens is 230 g/mol.